The SMILES string of the molecule is COCOc1c(C)c(C)c2c(c1C)CCC(C)(CO)O2. The van der Waals surface area contributed by atoms with Crippen LogP contribution in [0, 0.1) is 20.8 Å². The summed E-state index contributed by atoms with van der Waals surface area (Å²) in [4.78, 5) is 0. The number of hydrogen-bond donors (Lipinski definition) is 1. The average Bonchev–Trinajstić information content (AvgIpc) is 2.45. The summed E-state index contributed by atoms with van der Waals surface area (Å²) in [6.45, 7) is 8.36. The minimum Gasteiger partial charge on any atom is -0.485 e. The van der Waals surface area contributed by atoms with E-state index in [1.54, 1.807) is 7.11 Å². The molecule has 0 fully saturated rings. The van der Waals surface area contributed by atoms with Crippen molar-refractivity contribution in [3.8, 4) is 11.5 Å². The summed E-state index contributed by atoms with van der Waals surface area (Å²) in [5.74, 6) is 1.80. The van der Waals surface area contributed by atoms with Crippen LogP contribution in [0.5, 0.6) is 11.5 Å². The zero-order valence-corrected chi connectivity index (χ0v) is 13.0. The van der Waals surface area contributed by atoms with Crippen LogP contribution in [0.3, 0.4) is 0 Å². The van der Waals surface area contributed by atoms with Gasteiger partial charge >= 0.3 is 0 Å². The van der Waals surface area contributed by atoms with Gasteiger partial charge in [0.1, 0.15) is 17.1 Å². The Labute approximate surface area is 120 Å². The largest absolute Gasteiger partial charge is 0.485 e. The Balaban J connectivity index is 2.48. The van der Waals surface area contributed by atoms with Crippen LogP contribution in [0.4, 0.5) is 0 Å². The molecule has 0 aliphatic carbocycles. The molecule has 4 nitrogen and oxygen atoms in total. The first-order chi connectivity index (χ1) is 9.43. The molecule has 1 unspecified atom stereocenters. The Bertz CT molecular complexity index is 510. The molecular weight excluding hydrogens is 256 g/mol. The maximum Gasteiger partial charge on any atom is 0.188 e. The van der Waals surface area contributed by atoms with Crippen molar-refractivity contribution >= 4 is 0 Å². The van der Waals surface area contributed by atoms with Gasteiger partial charge in [0.15, 0.2) is 6.79 Å². The highest BCUT2D eigenvalue weighted by molar-refractivity contribution is 5.58. The summed E-state index contributed by atoms with van der Waals surface area (Å²) in [6.07, 6.45) is 1.70. The number of fused-ring (bicyclic) bond motifs is 1. The number of benzene rings is 1. The van der Waals surface area contributed by atoms with Crippen molar-refractivity contribution in [1.82, 2.24) is 0 Å². The highest BCUT2D eigenvalue weighted by Gasteiger charge is 2.34. The van der Waals surface area contributed by atoms with Crippen LogP contribution in [-0.4, -0.2) is 31.2 Å². The van der Waals surface area contributed by atoms with Gasteiger partial charge in [0, 0.05) is 12.7 Å². The average molecular weight is 280 g/mol. The van der Waals surface area contributed by atoms with Crippen LogP contribution in [0.2, 0.25) is 0 Å². The summed E-state index contributed by atoms with van der Waals surface area (Å²) < 4.78 is 16.8. The molecule has 0 saturated carbocycles. The monoisotopic (exact) mass is 280 g/mol. The molecule has 1 aliphatic rings. The van der Waals surface area contributed by atoms with Crippen molar-refractivity contribution in [2.45, 2.75) is 46.1 Å². The molecule has 1 aliphatic heterocycles. The molecule has 0 saturated heterocycles. The molecule has 1 heterocycles. The Morgan fingerprint density at radius 3 is 2.50 bits per heavy atom. The first-order valence-corrected chi connectivity index (χ1v) is 6.97. The van der Waals surface area contributed by atoms with Gasteiger partial charge in [-0.3, -0.25) is 0 Å². The minimum absolute atomic E-state index is 0.0336. The molecule has 1 atom stereocenters. The fourth-order valence-electron chi connectivity index (χ4n) is 2.73. The summed E-state index contributed by atoms with van der Waals surface area (Å²) in [7, 11) is 1.62. The van der Waals surface area contributed by atoms with Gasteiger partial charge in [-0.15, -0.1) is 0 Å². The predicted octanol–water partition coefficient (Wildman–Crippen LogP) is 2.67. The second kappa shape index (κ2) is 5.62. The first kappa shape index (κ1) is 15.1. The zero-order chi connectivity index (χ0) is 14.9. The van der Waals surface area contributed by atoms with Crippen molar-refractivity contribution in [1.29, 1.82) is 0 Å². The lowest BCUT2D eigenvalue weighted by Crippen LogP contribution is -2.40. The normalized spacial score (nSPS) is 21.3. The molecule has 112 valence electrons. The lowest BCUT2D eigenvalue weighted by molar-refractivity contribution is 0.00679. The topological polar surface area (TPSA) is 47.9 Å². The Kier molecular flexibility index (Phi) is 4.25. The van der Waals surface area contributed by atoms with Crippen LogP contribution < -0.4 is 9.47 Å². The van der Waals surface area contributed by atoms with E-state index in [2.05, 4.69) is 6.92 Å². The van der Waals surface area contributed by atoms with E-state index in [-0.39, 0.29) is 13.4 Å². The van der Waals surface area contributed by atoms with E-state index in [0.29, 0.717) is 0 Å². The molecule has 1 aromatic carbocycles. The van der Waals surface area contributed by atoms with E-state index in [9.17, 15) is 5.11 Å². The highest BCUT2D eigenvalue weighted by Crippen LogP contribution is 2.43. The smallest absolute Gasteiger partial charge is 0.188 e. The number of ether oxygens (including phenoxy) is 3. The lowest BCUT2D eigenvalue weighted by atomic mass is 9.87. The lowest BCUT2D eigenvalue weighted by Gasteiger charge is -2.36. The summed E-state index contributed by atoms with van der Waals surface area (Å²) >= 11 is 0. The van der Waals surface area contributed by atoms with E-state index in [1.807, 2.05) is 20.8 Å². The quantitative estimate of drug-likeness (QED) is 0.861. The number of hydrogen-bond acceptors (Lipinski definition) is 4. The van der Waals surface area contributed by atoms with Gasteiger partial charge in [-0.2, -0.15) is 0 Å². The van der Waals surface area contributed by atoms with Crippen molar-refractivity contribution in [3.63, 3.8) is 0 Å². The standard InChI is InChI=1S/C16H24O4/c1-10-11(2)15-13(6-7-16(4,8-17)20-15)12(3)14(10)19-9-18-5/h17H,6-9H2,1-5H3. The second-order valence-electron chi connectivity index (χ2n) is 5.77. The molecule has 4 heteroatoms. The third-order valence-electron chi connectivity index (χ3n) is 4.22. The molecule has 20 heavy (non-hydrogen) atoms. The number of methoxy groups -OCH3 is 1. The van der Waals surface area contributed by atoms with Gasteiger partial charge in [0.05, 0.1) is 6.61 Å². The van der Waals surface area contributed by atoms with Crippen LogP contribution in [-0.2, 0) is 11.2 Å². The third-order valence-corrected chi connectivity index (χ3v) is 4.22. The number of rotatable bonds is 4. The van der Waals surface area contributed by atoms with E-state index in [4.69, 9.17) is 14.2 Å². The molecule has 0 amide bonds. The van der Waals surface area contributed by atoms with E-state index < -0.39 is 5.60 Å². The van der Waals surface area contributed by atoms with Crippen LogP contribution >= 0.6 is 0 Å². The van der Waals surface area contributed by atoms with Gasteiger partial charge in [-0.05, 0) is 57.2 Å². The van der Waals surface area contributed by atoms with Gasteiger partial charge in [0.2, 0.25) is 0 Å². The number of aliphatic hydroxyl groups is 1. The molecule has 0 aromatic heterocycles. The van der Waals surface area contributed by atoms with Gasteiger partial charge in [-0.25, -0.2) is 0 Å². The Hall–Kier alpha value is -1.26. The van der Waals surface area contributed by atoms with E-state index >= 15 is 0 Å². The fourth-order valence-corrected chi connectivity index (χ4v) is 2.73. The molecule has 0 spiro atoms. The van der Waals surface area contributed by atoms with Crippen LogP contribution in [0.25, 0.3) is 0 Å². The molecule has 1 N–H and O–H groups in total. The molecule has 2 rings (SSSR count). The fraction of sp³-hybridized carbons (Fsp3) is 0.625. The maximum absolute atomic E-state index is 9.51. The van der Waals surface area contributed by atoms with Crippen LogP contribution in [0.15, 0.2) is 0 Å². The van der Waals surface area contributed by atoms with Crippen LogP contribution in [0.1, 0.15) is 35.6 Å². The Morgan fingerprint density at radius 1 is 1.20 bits per heavy atom. The van der Waals surface area contributed by atoms with Gasteiger partial charge < -0.3 is 19.3 Å². The summed E-state index contributed by atoms with van der Waals surface area (Å²) in [6, 6.07) is 0. The van der Waals surface area contributed by atoms with Crippen molar-refractivity contribution < 1.29 is 19.3 Å². The minimum atomic E-state index is -0.481. The second-order valence-corrected chi connectivity index (χ2v) is 5.77. The number of aliphatic hydroxyl groups excluding tert-OH is 1. The molecule has 0 bridgehead atoms. The van der Waals surface area contributed by atoms with Gasteiger partial charge in [-0.1, -0.05) is 0 Å². The van der Waals surface area contributed by atoms with Crippen molar-refractivity contribution in [3.05, 3.63) is 22.3 Å². The summed E-state index contributed by atoms with van der Waals surface area (Å²) in [5.41, 5.74) is 3.97. The maximum atomic E-state index is 9.51. The zero-order valence-electron chi connectivity index (χ0n) is 13.0. The van der Waals surface area contributed by atoms with E-state index in [0.717, 1.165) is 41.0 Å². The highest BCUT2D eigenvalue weighted by atomic mass is 16.7. The van der Waals surface area contributed by atoms with E-state index in [1.165, 1.54) is 5.56 Å². The first-order valence-electron chi connectivity index (χ1n) is 6.97. The third kappa shape index (κ3) is 2.50. The molecule has 0 radical (unpaired) electrons. The molecular formula is C16H24O4. The van der Waals surface area contributed by atoms with Crippen molar-refractivity contribution in [2.24, 2.45) is 0 Å². The predicted molar refractivity (Wildman–Crippen MR) is 77.6 cm³/mol. The Morgan fingerprint density at radius 2 is 1.90 bits per heavy atom. The molecule has 1 aromatic rings. The van der Waals surface area contributed by atoms with Gasteiger partial charge in [0.25, 0.3) is 0 Å². The summed E-state index contributed by atoms with van der Waals surface area (Å²) in [5, 5.41) is 9.51. The van der Waals surface area contributed by atoms with Crippen molar-refractivity contribution in [2.75, 3.05) is 20.5 Å².